The molecule has 1 aliphatic rings. The van der Waals surface area contributed by atoms with E-state index in [1.807, 2.05) is 11.8 Å². The number of aliphatic hydroxyl groups excluding tert-OH is 1. The summed E-state index contributed by atoms with van der Waals surface area (Å²) in [5, 5.41) is 9.49. The summed E-state index contributed by atoms with van der Waals surface area (Å²) in [7, 11) is 0. The lowest BCUT2D eigenvalue weighted by molar-refractivity contribution is 0.296. The van der Waals surface area contributed by atoms with E-state index in [9.17, 15) is 0 Å². The molecular weight excluding hydrogens is 242 g/mol. The van der Waals surface area contributed by atoms with E-state index in [0.29, 0.717) is 17.9 Å². The lowest BCUT2D eigenvalue weighted by Crippen LogP contribution is -2.33. The van der Waals surface area contributed by atoms with E-state index >= 15 is 0 Å². The van der Waals surface area contributed by atoms with Crippen molar-refractivity contribution < 1.29 is 5.11 Å². The maximum Gasteiger partial charge on any atom is 0.0438 e. The van der Waals surface area contributed by atoms with Crippen molar-refractivity contribution in [3.05, 3.63) is 0 Å². The van der Waals surface area contributed by atoms with Crippen LogP contribution in [0.1, 0.15) is 70.6 Å². The standard InChI is InChI=1S/C15H31NOS/c16-14-10-7-5-3-1-2-4-6-8-11-15(14)18-13-9-12-17/h14-15,17H,1-13,16H2. The monoisotopic (exact) mass is 273 g/mol. The maximum absolute atomic E-state index is 8.87. The van der Waals surface area contributed by atoms with Gasteiger partial charge in [-0.3, -0.25) is 0 Å². The number of hydrogen-bond donors (Lipinski definition) is 2. The average molecular weight is 273 g/mol. The summed E-state index contributed by atoms with van der Waals surface area (Å²) in [6.07, 6.45) is 14.4. The van der Waals surface area contributed by atoms with Gasteiger partial charge in [0.05, 0.1) is 0 Å². The number of hydrogen-bond acceptors (Lipinski definition) is 3. The van der Waals surface area contributed by atoms with Gasteiger partial charge >= 0.3 is 0 Å². The van der Waals surface area contributed by atoms with Gasteiger partial charge in [-0.05, 0) is 25.0 Å². The Bertz CT molecular complexity index is 189. The van der Waals surface area contributed by atoms with Crippen LogP contribution in [0.5, 0.6) is 0 Å². The van der Waals surface area contributed by atoms with E-state index in [0.717, 1.165) is 12.2 Å². The zero-order chi connectivity index (χ0) is 13.1. The topological polar surface area (TPSA) is 46.2 Å². The minimum atomic E-state index is 0.314. The fourth-order valence-corrected chi connectivity index (χ4v) is 4.01. The van der Waals surface area contributed by atoms with Crippen LogP contribution in [0.4, 0.5) is 0 Å². The van der Waals surface area contributed by atoms with Crippen molar-refractivity contribution >= 4 is 11.8 Å². The van der Waals surface area contributed by atoms with Gasteiger partial charge in [-0.15, -0.1) is 0 Å². The molecule has 1 aliphatic carbocycles. The fourth-order valence-electron chi connectivity index (χ4n) is 2.69. The Balaban J connectivity index is 2.32. The molecule has 2 nitrogen and oxygen atoms in total. The second kappa shape index (κ2) is 11.1. The molecule has 0 saturated heterocycles. The summed E-state index contributed by atoms with van der Waals surface area (Å²) < 4.78 is 0. The zero-order valence-electron chi connectivity index (χ0n) is 11.8. The molecule has 3 N–H and O–H groups in total. The summed E-state index contributed by atoms with van der Waals surface area (Å²) in [4.78, 5) is 0. The molecule has 2 atom stereocenters. The smallest absolute Gasteiger partial charge is 0.0438 e. The highest BCUT2D eigenvalue weighted by molar-refractivity contribution is 7.99. The van der Waals surface area contributed by atoms with Crippen LogP contribution < -0.4 is 5.73 Å². The van der Waals surface area contributed by atoms with Crippen molar-refractivity contribution in [2.24, 2.45) is 5.73 Å². The molecule has 0 spiro atoms. The Kier molecular flexibility index (Phi) is 10.1. The highest BCUT2D eigenvalue weighted by atomic mass is 32.2. The molecule has 108 valence electrons. The molecule has 18 heavy (non-hydrogen) atoms. The lowest BCUT2D eigenvalue weighted by Gasteiger charge is -2.24. The van der Waals surface area contributed by atoms with Gasteiger partial charge in [0.2, 0.25) is 0 Å². The van der Waals surface area contributed by atoms with E-state index < -0.39 is 0 Å². The van der Waals surface area contributed by atoms with Crippen LogP contribution in [0.2, 0.25) is 0 Å². The van der Waals surface area contributed by atoms with Gasteiger partial charge in [-0.1, -0.05) is 51.4 Å². The molecule has 0 bridgehead atoms. The largest absolute Gasteiger partial charge is 0.396 e. The van der Waals surface area contributed by atoms with Crippen LogP contribution in [-0.4, -0.2) is 28.8 Å². The summed E-state index contributed by atoms with van der Waals surface area (Å²) in [5.41, 5.74) is 6.36. The van der Waals surface area contributed by atoms with Crippen molar-refractivity contribution in [1.82, 2.24) is 0 Å². The fraction of sp³-hybridized carbons (Fsp3) is 1.00. The van der Waals surface area contributed by atoms with E-state index in [2.05, 4.69) is 0 Å². The molecule has 0 heterocycles. The minimum Gasteiger partial charge on any atom is -0.396 e. The van der Waals surface area contributed by atoms with Crippen molar-refractivity contribution in [1.29, 1.82) is 0 Å². The summed E-state index contributed by atoms with van der Waals surface area (Å²) in [5.74, 6) is 1.06. The highest BCUT2D eigenvalue weighted by Crippen LogP contribution is 2.25. The second-order valence-electron chi connectivity index (χ2n) is 5.56. The molecule has 3 heteroatoms. The van der Waals surface area contributed by atoms with Gasteiger partial charge in [-0.2, -0.15) is 11.8 Å². The van der Waals surface area contributed by atoms with Crippen molar-refractivity contribution in [2.75, 3.05) is 12.4 Å². The van der Waals surface area contributed by atoms with Gasteiger partial charge in [0.25, 0.3) is 0 Å². The second-order valence-corrected chi connectivity index (χ2v) is 6.90. The first-order chi connectivity index (χ1) is 8.84. The Morgan fingerprint density at radius 1 is 0.889 bits per heavy atom. The van der Waals surface area contributed by atoms with Crippen LogP contribution >= 0.6 is 11.8 Å². The first kappa shape index (κ1) is 16.3. The van der Waals surface area contributed by atoms with Gasteiger partial charge in [0.15, 0.2) is 0 Å². The molecule has 1 saturated carbocycles. The van der Waals surface area contributed by atoms with Crippen LogP contribution in [0.3, 0.4) is 0 Å². The molecule has 0 aromatic rings. The van der Waals surface area contributed by atoms with Crippen molar-refractivity contribution in [3.8, 4) is 0 Å². The zero-order valence-corrected chi connectivity index (χ0v) is 12.6. The first-order valence-electron chi connectivity index (χ1n) is 7.82. The van der Waals surface area contributed by atoms with E-state index in [-0.39, 0.29) is 0 Å². The third-order valence-electron chi connectivity index (χ3n) is 3.89. The van der Waals surface area contributed by atoms with Gasteiger partial charge in [0.1, 0.15) is 0 Å². The first-order valence-corrected chi connectivity index (χ1v) is 8.87. The molecule has 2 unspecified atom stereocenters. The third kappa shape index (κ3) is 7.65. The third-order valence-corrected chi connectivity index (χ3v) is 5.43. The molecule has 0 aromatic heterocycles. The van der Waals surface area contributed by atoms with Crippen molar-refractivity contribution in [3.63, 3.8) is 0 Å². The molecule has 0 aliphatic heterocycles. The number of rotatable bonds is 4. The van der Waals surface area contributed by atoms with Gasteiger partial charge in [0, 0.05) is 17.9 Å². The highest BCUT2D eigenvalue weighted by Gasteiger charge is 2.17. The number of nitrogens with two attached hydrogens (primary N) is 1. The van der Waals surface area contributed by atoms with Crippen LogP contribution in [0, 0.1) is 0 Å². The minimum absolute atomic E-state index is 0.314. The van der Waals surface area contributed by atoms with Gasteiger partial charge < -0.3 is 10.8 Å². The quantitative estimate of drug-likeness (QED) is 0.768. The van der Waals surface area contributed by atoms with Crippen LogP contribution in [0.25, 0.3) is 0 Å². The van der Waals surface area contributed by atoms with E-state index in [1.165, 1.54) is 64.2 Å². The van der Waals surface area contributed by atoms with E-state index in [4.69, 9.17) is 10.8 Å². The van der Waals surface area contributed by atoms with Crippen molar-refractivity contribution in [2.45, 2.75) is 81.9 Å². The molecule has 0 aromatic carbocycles. The van der Waals surface area contributed by atoms with Crippen LogP contribution in [0.15, 0.2) is 0 Å². The van der Waals surface area contributed by atoms with E-state index in [1.54, 1.807) is 0 Å². The summed E-state index contributed by atoms with van der Waals surface area (Å²) in [6.45, 7) is 0.314. The molecule has 0 amide bonds. The lowest BCUT2D eigenvalue weighted by atomic mass is 9.98. The number of thioether (sulfide) groups is 1. The molecule has 0 radical (unpaired) electrons. The SMILES string of the molecule is NC1CCCCCCCCCCC1SCCCO. The summed E-state index contributed by atoms with van der Waals surface area (Å²) in [6, 6.07) is 0.369. The predicted octanol–water partition coefficient (Wildman–Crippen LogP) is 3.71. The summed E-state index contributed by atoms with van der Waals surface area (Å²) >= 11 is 2.00. The number of aliphatic hydroxyl groups is 1. The molecular formula is C15H31NOS. The Hall–Kier alpha value is 0.270. The average Bonchev–Trinajstić information content (AvgIpc) is 2.37. The predicted molar refractivity (Wildman–Crippen MR) is 82.1 cm³/mol. The Morgan fingerprint density at radius 2 is 1.44 bits per heavy atom. The van der Waals surface area contributed by atoms with Crippen LogP contribution in [-0.2, 0) is 0 Å². The normalized spacial score (nSPS) is 28.3. The maximum atomic E-state index is 8.87. The Labute approximate surface area is 117 Å². The molecule has 1 rings (SSSR count). The Morgan fingerprint density at radius 3 is 2.06 bits per heavy atom. The van der Waals surface area contributed by atoms with Gasteiger partial charge in [-0.25, -0.2) is 0 Å². The molecule has 1 fully saturated rings.